The molecule has 1 rings (SSSR count). The standard InChI is InChI=1S/C8H4INO6/c9-5-2-3(10(15)16)1-4(7(11)12)6(5)8(13)14/h1-2H,(H,11,12)(H,13,14). The summed E-state index contributed by atoms with van der Waals surface area (Å²) in [6.07, 6.45) is 0. The van der Waals surface area contributed by atoms with E-state index < -0.39 is 33.7 Å². The molecule has 0 amide bonds. The van der Waals surface area contributed by atoms with Gasteiger partial charge >= 0.3 is 11.9 Å². The fraction of sp³-hybridized carbons (Fsp3) is 0. The predicted molar refractivity (Wildman–Crippen MR) is 59.7 cm³/mol. The molecule has 0 unspecified atom stereocenters. The molecule has 0 fully saturated rings. The first-order valence-corrected chi connectivity index (χ1v) is 4.87. The first kappa shape index (κ1) is 12.4. The SMILES string of the molecule is O=C(O)c1cc([N+](=O)[O-])cc(I)c1C(=O)O. The van der Waals surface area contributed by atoms with Gasteiger partial charge in [0.25, 0.3) is 5.69 Å². The van der Waals surface area contributed by atoms with Gasteiger partial charge in [-0.25, -0.2) is 9.59 Å². The summed E-state index contributed by atoms with van der Waals surface area (Å²) in [4.78, 5) is 31.2. The maximum absolute atomic E-state index is 10.8. The molecule has 2 N–H and O–H groups in total. The lowest BCUT2D eigenvalue weighted by atomic mass is 10.1. The number of hydrogen-bond donors (Lipinski definition) is 2. The van der Waals surface area contributed by atoms with Gasteiger partial charge in [-0.2, -0.15) is 0 Å². The van der Waals surface area contributed by atoms with Crippen LogP contribution in [0.15, 0.2) is 12.1 Å². The molecule has 8 heteroatoms. The zero-order valence-corrected chi connectivity index (χ0v) is 9.66. The Labute approximate surface area is 102 Å². The van der Waals surface area contributed by atoms with E-state index in [1.807, 2.05) is 0 Å². The van der Waals surface area contributed by atoms with Gasteiger partial charge in [0.2, 0.25) is 0 Å². The molecule has 1 aromatic rings. The average Bonchev–Trinajstić information content (AvgIpc) is 2.15. The molecule has 0 bridgehead atoms. The summed E-state index contributed by atoms with van der Waals surface area (Å²) in [7, 11) is 0. The van der Waals surface area contributed by atoms with Gasteiger partial charge in [0.15, 0.2) is 0 Å². The summed E-state index contributed by atoms with van der Waals surface area (Å²) in [5, 5.41) is 28.0. The number of carboxylic acids is 2. The minimum atomic E-state index is -1.51. The molecule has 1 aromatic carbocycles. The highest BCUT2D eigenvalue weighted by Crippen LogP contribution is 2.24. The Morgan fingerprint density at radius 3 is 2.19 bits per heavy atom. The van der Waals surface area contributed by atoms with Crippen LogP contribution in [0.25, 0.3) is 0 Å². The normalized spacial score (nSPS) is 9.81. The van der Waals surface area contributed by atoms with E-state index in [1.165, 1.54) is 0 Å². The Hall–Kier alpha value is -1.71. The Balaban J connectivity index is 3.58. The van der Waals surface area contributed by atoms with Crippen molar-refractivity contribution in [1.82, 2.24) is 0 Å². The monoisotopic (exact) mass is 337 g/mol. The molecular formula is C8H4INO6. The van der Waals surface area contributed by atoms with Crippen molar-refractivity contribution in [3.63, 3.8) is 0 Å². The number of nitro groups is 1. The maximum Gasteiger partial charge on any atom is 0.337 e. The number of nitro benzene ring substituents is 1. The smallest absolute Gasteiger partial charge is 0.337 e. The van der Waals surface area contributed by atoms with Crippen molar-refractivity contribution in [3.05, 3.63) is 36.9 Å². The quantitative estimate of drug-likeness (QED) is 0.491. The van der Waals surface area contributed by atoms with Crippen molar-refractivity contribution in [2.75, 3.05) is 0 Å². The van der Waals surface area contributed by atoms with Crippen LogP contribution in [-0.2, 0) is 0 Å². The van der Waals surface area contributed by atoms with E-state index in [0.29, 0.717) is 0 Å². The Morgan fingerprint density at radius 2 is 1.81 bits per heavy atom. The van der Waals surface area contributed by atoms with Crippen LogP contribution in [0.5, 0.6) is 0 Å². The third kappa shape index (κ3) is 2.27. The van der Waals surface area contributed by atoms with Gasteiger partial charge in [-0.1, -0.05) is 0 Å². The lowest BCUT2D eigenvalue weighted by molar-refractivity contribution is -0.385. The minimum absolute atomic E-state index is 0.0108. The van der Waals surface area contributed by atoms with Crippen molar-refractivity contribution in [3.8, 4) is 0 Å². The molecule has 0 atom stereocenters. The summed E-state index contributed by atoms with van der Waals surface area (Å²) >= 11 is 1.54. The molecule has 0 aliphatic rings. The lowest BCUT2D eigenvalue weighted by Crippen LogP contribution is -2.11. The molecule has 0 spiro atoms. The highest BCUT2D eigenvalue weighted by molar-refractivity contribution is 14.1. The fourth-order valence-electron chi connectivity index (χ4n) is 1.08. The average molecular weight is 337 g/mol. The number of halogens is 1. The van der Waals surface area contributed by atoms with Crippen molar-refractivity contribution >= 4 is 40.2 Å². The number of benzene rings is 1. The van der Waals surface area contributed by atoms with E-state index in [4.69, 9.17) is 10.2 Å². The van der Waals surface area contributed by atoms with E-state index in [0.717, 1.165) is 12.1 Å². The zero-order chi connectivity index (χ0) is 12.5. The number of carbonyl (C=O) groups is 2. The van der Waals surface area contributed by atoms with E-state index in [2.05, 4.69) is 0 Å². The minimum Gasteiger partial charge on any atom is -0.478 e. The van der Waals surface area contributed by atoms with E-state index in [9.17, 15) is 19.7 Å². The van der Waals surface area contributed by atoms with Crippen LogP contribution < -0.4 is 0 Å². The van der Waals surface area contributed by atoms with Crippen LogP contribution in [0.3, 0.4) is 0 Å². The Bertz CT molecular complexity index is 498. The number of rotatable bonds is 3. The molecule has 16 heavy (non-hydrogen) atoms. The van der Waals surface area contributed by atoms with Crippen LogP contribution in [-0.4, -0.2) is 27.1 Å². The zero-order valence-electron chi connectivity index (χ0n) is 7.51. The third-order valence-corrected chi connectivity index (χ3v) is 2.58. The molecule has 0 aliphatic heterocycles. The lowest BCUT2D eigenvalue weighted by Gasteiger charge is -2.03. The van der Waals surface area contributed by atoms with E-state index in [1.54, 1.807) is 22.6 Å². The largest absolute Gasteiger partial charge is 0.478 e. The molecule has 7 nitrogen and oxygen atoms in total. The first-order chi connectivity index (χ1) is 7.34. The van der Waals surface area contributed by atoms with Crippen LogP contribution in [0.1, 0.15) is 20.7 Å². The van der Waals surface area contributed by atoms with Gasteiger partial charge < -0.3 is 10.2 Å². The number of nitrogens with zero attached hydrogens (tertiary/aromatic N) is 1. The molecule has 0 aliphatic carbocycles. The summed E-state index contributed by atoms with van der Waals surface area (Å²) in [6, 6.07) is 1.74. The van der Waals surface area contributed by atoms with Crippen molar-refractivity contribution in [2.45, 2.75) is 0 Å². The number of hydrogen-bond acceptors (Lipinski definition) is 4. The second-order valence-electron chi connectivity index (χ2n) is 2.72. The number of non-ortho nitro benzene ring substituents is 1. The van der Waals surface area contributed by atoms with Crippen molar-refractivity contribution < 1.29 is 24.7 Å². The van der Waals surface area contributed by atoms with Gasteiger partial charge in [0, 0.05) is 15.7 Å². The molecular weight excluding hydrogens is 333 g/mol. The summed E-state index contributed by atoms with van der Waals surface area (Å²) in [5.41, 5.74) is -1.49. The van der Waals surface area contributed by atoms with Crippen LogP contribution in [0, 0.1) is 13.7 Å². The van der Waals surface area contributed by atoms with Gasteiger partial charge in [0.1, 0.15) is 0 Å². The number of aromatic carboxylic acids is 2. The Morgan fingerprint density at radius 1 is 1.25 bits per heavy atom. The fourth-order valence-corrected chi connectivity index (χ4v) is 1.92. The van der Waals surface area contributed by atoms with Crippen LogP contribution in [0.2, 0.25) is 0 Å². The molecule has 0 radical (unpaired) electrons. The van der Waals surface area contributed by atoms with Crippen LogP contribution >= 0.6 is 22.6 Å². The molecule has 0 saturated heterocycles. The van der Waals surface area contributed by atoms with Crippen LogP contribution in [0.4, 0.5) is 5.69 Å². The van der Waals surface area contributed by atoms with Gasteiger partial charge in [-0.05, 0) is 22.6 Å². The van der Waals surface area contributed by atoms with Gasteiger partial charge in [-0.3, -0.25) is 10.1 Å². The van der Waals surface area contributed by atoms with E-state index in [-0.39, 0.29) is 3.57 Å². The van der Waals surface area contributed by atoms with Gasteiger partial charge in [-0.15, -0.1) is 0 Å². The van der Waals surface area contributed by atoms with Crippen molar-refractivity contribution in [1.29, 1.82) is 0 Å². The summed E-state index contributed by atoms with van der Waals surface area (Å²) < 4.78 is 0.0108. The van der Waals surface area contributed by atoms with E-state index >= 15 is 0 Å². The first-order valence-electron chi connectivity index (χ1n) is 3.79. The van der Waals surface area contributed by atoms with Crippen molar-refractivity contribution in [2.24, 2.45) is 0 Å². The molecule has 0 heterocycles. The topological polar surface area (TPSA) is 118 Å². The Kier molecular flexibility index (Phi) is 3.42. The molecule has 0 aromatic heterocycles. The predicted octanol–water partition coefficient (Wildman–Crippen LogP) is 1.60. The molecule has 0 saturated carbocycles. The maximum atomic E-state index is 10.8. The highest BCUT2D eigenvalue weighted by atomic mass is 127. The summed E-state index contributed by atoms with van der Waals surface area (Å²) in [6.45, 7) is 0. The highest BCUT2D eigenvalue weighted by Gasteiger charge is 2.23. The summed E-state index contributed by atoms with van der Waals surface area (Å²) in [5.74, 6) is -2.95. The second-order valence-corrected chi connectivity index (χ2v) is 3.88. The molecule has 84 valence electrons. The third-order valence-electron chi connectivity index (χ3n) is 1.73. The second kappa shape index (κ2) is 4.43. The van der Waals surface area contributed by atoms with Gasteiger partial charge in [0.05, 0.1) is 16.1 Å². The number of carboxylic acid groups (broad SMARTS) is 2.